The largest absolute Gasteiger partial charge is 0.381 e. The van der Waals surface area contributed by atoms with Crippen LogP contribution in [0.5, 0.6) is 0 Å². The third-order valence-electron chi connectivity index (χ3n) is 6.30. The van der Waals surface area contributed by atoms with Crippen molar-refractivity contribution < 1.29 is 9.53 Å². The maximum absolute atomic E-state index is 13.5. The van der Waals surface area contributed by atoms with Gasteiger partial charge in [-0.3, -0.25) is 14.2 Å². The van der Waals surface area contributed by atoms with E-state index in [9.17, 15) is 9.59 Å². The molecule has 0 spiro atoms. The highest BCUT2D eigenvalue weighted by Gasteiger charge is 2.23. The second-order valence-electron chi connectivity index (χ2n) is 8.75. The van der Waals surface area contributed by atoms with Crippen LogP contribution in [0.1, 0.15) is 24.0 Å². The molecule has 0 atom stereocenters. The first kappa shape index (κ1) is 23.1. The minimum atomic E-state index is -0.336. The Kier molecular flexibility index (Phi) is 6.57. The summed E-state index contributed by atoms with van der Waals surface area (Å²) in [6.45, 7) is 3.39. The Morgan fingerprint density at radius 3 is 2.74 bits per heavy atom. The van der Waals surface area contributed by atoms with Crippen molar-refractivity contribution >= 4 is 45.7 Å². The van der Waals surface area contributed by atoms with E-state index in [1.165, 1.54) is 10.8 Å². The number of fused-ring (bicyclic) bond motifs is 1. The van der Waals surface area contributed by atoms with E-state index in [1.807, 2.05) is 43.5 Å². The Bertz CT molecular complexity index is 1420. The number of nitrogens with one attached hydrogen (secondary N) is 3. The normalized spacial score (nSPS) is 14.2. The number of benzene rings is 2. The van der Waals surface area contributed by atoms with E-state index < -0.39 is 0 Å². The minimum Gasteiger partial charge on any atom is -0.381 e. The van der Waals surface area contributed by atoms with Gasteiger partial charge >= 0.3 is 0 Å². The molecular formula is C26H26ClN5O3. The van der Waals surface area contributed by atoms with Gasteiger partial charge in [-0.05, 0) is 61.2 Å². The molecule has 35 heavy (non-hydrogen) atoms. The van der Waals surface area contributed by atoms with E-state index in [-0.39, 0.29) is 29.6 Å². The van der Waals surface area contributed by atoms with Gasteiger partial charge in [-0.15, -0.1) is 0 Å². The second-order valence-corrected chi connectivity index (χ2v) is 9.18. The van der Waals surface area contributed by atoms with E-state index in [0.717, 1.165) is 27.7 Å². The standard InChI is InChI=1S/C26H26ClN5O3/c1-16-13-28-22-7-6-20(12-21(16)22)30-26-29-14-23(31-24(33)18-8-10-35-11-9-18)25(34)32(26)15-17-2-4-19(27)5-3-17/h2-7,12-14,18,28H,8-11,15H2,1H3,(H,29,30)(H,31,33). The predicted octanol–water partition coefficient (Wildman–Crippen LogP) is 4.84. The Morgan fingerprint density at radius 2 is 1.97 bits per heavy atom. The molecule has 0 radical (unpaired) electrons. The van der Waals surface area contributed by atoms with Crippen LogP contribution < -0.4 is 16.2 Å². The van der Waals surface area contributed by atoms with Crippen molar-refractivity contribution in [2.45, 2.75) is 26.3 Å². The van der Waals surface area contributed by atoms with Gasteiger partial charge < -0.3 is 20.4 Å². The number of anilines is 3. The highest BCUT2D eigenvalue weighted by molar-refractivity contribution is 6.30. The zero-order valence-corrected chi connectivity index (χ0v) is 20.1. The van der Waals surface area contributed by atoms with Crippen molar-refractivity contribution in [3.63, 3.8) is 0 Å². The number of amides is 1. The zero-order chi connectivity index (χ0) is 24.4. The number of hydrogen-bond donors (Lipinski definition) is 3. The highest BCUT2D eigenvalue weighted by Crippen LogP contribution is 2.24. The van der Waals surface area contributed by atoms with Crippen molar-refractivity contribution in [2.24, 2.45) is 5.92 Å². The molecule has 2 aromatic carbocycles. The molecular weight excluding hydrogens is 466 g/mol. The van der Waals surface area contributed by atoms with Crippen molar-refractivity contribution in [1.82, 2.24) is 14.5 Å². The van der Waals surface area contributed by atoms with Gasteiger partial charge in [-0.25, -0.2) is 4.98 Å². The monoisotopic (exact) mass is 491 g/mol. The maximum Gasteiger partial charge on any atom is 0.279 e. The quantitative estimate of drug-likeness (QED) is 0.358. The summed E-state index contributed by atoms with van der Waals surface area (Å²) >= 11 is 6.04. The summed E-state index contributed by atoms with van der Waals surface area (Å²) in [6, 6.07) is 13.2. The van der Waals surface area contributed by atoms with Gasteiger partial charge in [0.15, 0.2) is 0 Å². The lowest BCUT2D eigenvalue weighted by Crippen LogP contribution is -2.33. The summed E-state index contributed by atoms with van der Waals surface area (Å²) in [5, 5.41) is 7.77. The number of ether oxygens (including phenoxy) is 1. The van der Waals surface area contributed by atoms with Gasteiger partial charge in [-0.1, -0.05) is 23.7 Å². The number of aromatic amines is 1. The Balaban J connectivity index is 1.48. The summed E-state index contributed by atoms with van der Waals surface area (Å²) in [6.07, 6.45) is 4.65. The molecule has 1 amide bonds. The Morgan fingerprint density at radius 1 is 1.20 bits per heavy atom. The summed E-state index contributed by atoms with van der Waals surface area (Å²) < 4.78 is 6.87. The van der Waals surface area contributed by atoms with Crippen LogP contribution in [-0.2, 0) is 16.1 Å². The fourth-order valence-electron chi connectivity index (χ4n) is 4.26. The number of aromatic nitrogens is 3. The minimum absolute atomic E-state index is 0.151. The first-order chi connectivity index (χ1) is 17.0. The lowest BCUT2D eigenvalue weighted by Gasteiger charge is -2.21. The number of halogens is 1. The average Bonchev–Trinajstić information content (AvgIpc) is 3.24. The second kappa shape index (κ2) is 9.93. The molecule has 9 heteroatoms. The molecule has 8 nitrogen and oxygen atoms in total. The number of H-pyrrole nitrogens is 1. The van der Waals surface area contributed by atoms with Crippen molar-refractivity contribution in [3.05, 3.63) is 81.4 Å². The molecule has 0 aliphatic carbocycles. The third-order valence-corrected chi connectivity index (χ3v) is 6.55. The van der Waals surface area contributed by atoms with Crippen LogP contribution >= 0.6 is 11.6 Å². The number of hydrogen-bond acceptors (Lipinski definition) is 5. The molecule has 0 saturated carbocycles. The van der Waals surface area contributed by atoms with E-state index in [2.05, 4.69) is 20.6 Å². The smallest absolute Gasteiger partial charge is 0.279 e. The summed E-state index contributed by atoms with van der Waals surface area (Å²) in [5.41, 5.74) is 3.66. The van der Waals surface area contributed by atoms with Crippen molar-refractivity contribution in [3.8, 4) is 0 Å². The van der Waals surface area contributed by atoms with E-state index in [4.69, 9.17) is 16.3 Å². The summed E-state index contributed by atoms with van der Waals surface area (Å²) in [4.78, 5) is 34.0. The first-order valence-corrected chi connectivity index (χ1v) is 11.9. The molecule has 1 saturated heterocycles. The van der Waals surface area contributed by atoms with Crippen LogP contribution in [0.25, 0.3) is 10.9 Å². The highest BCUT2D eigenvalue weighted by atomic mass is 35.5. The Labute approximate surface area is 207 Å². The zero-order valence-electron chi connectivity index (χ0n) is 19.3. The van der Waals surface area contributed by atoms with E-state index in [1.54, 1.807) is 12.1 Å². The molecule has 3 N–H and O–H groups in total. The van der Waals surface area contributed by atoms with E-state index >= 15 is 0 Å². The van der Waals surface area contributed by atoms with Gasteiger partial charge in [0, 0.05) is 46.9 Å². The number of carbonyl (C=O) groups excluding carboxylic acids is 1. The van der Waals surface area contributed by atoms with Gasteiger partial charge in [-0.2, -0.15) is 0 Å². The van der Waals surface area contributed by atoms with Crippen LogP contribution in [0, 0.1) is 12.8 Å². The number of aryl methyl sites for hydroxylation is 1. The topological polar surface area (TPSA) is 101 Å². The molecule has 0 unspecified atom stereocenters. The molecule has 1 fully saturated rings. The molecule has 1 aliphatic rings. The Hall–Kier alpha value is -3.62. The van der Waals surface area contributed by atoms with E-state index in [0.29, 0.717) is 37.0 Å². The molecule has 5 rings (SSSR count). The van der Waals surface area contributed by atoms with Crippen LogP contribution in [0.3, 0.4) is 0 Å². The molecule has 3 heterocycles. The van der Waals surface area contributed by atoms with Crippen LogP contribution in [0.4, 0.5) is 17.3 Å². The van der Waals surface area contributed by atoms with Crippen LogP contribution in [0.2, 0.25) is 5.02 Å². The third kappa shape index (κ3) is 5.08. The number of carbonyl (C=O) groups is 1. The lowest BCUT2D eigenvalue weighted by molar-refractivity contribution is -0.122. The number of rotatable bonds is 6. The molecule has 180 valence electrons. The van der Waals surface area contributed by atoms with Gasteiger partial charge in [0.25, 0.3) is 5.56 Å². The molecule has 1 aliphatic heterocycles. The lowest BCUT2D eigenvalue weighted by atomic mass is 9.99. The molecule has 2 aromatic heterocycles. The van der Waals surface area contributed by atoms with Gasteiger partial charge in [0.2, 0.25) is 11.9 Å². The summed E-state index contributed by atoms with van der Waals surface area (Å²) in [7, 11) is 0. The van der Waals surface area contributed by atoms with Crippen LogP contribution in [-0.4, -0.2) is 33.7 Å². The van der Waals surface area contributed by atoms with Gasteiger partial charge in [0.1, 0.15) is 5.69 Å². The number of nitrogens with zero attached hydrogens (tertiary/aromatic N) is 2. The fourth-order valence-corrected chi connectivity index (χ4v) is 4.38. The van der Waals surface area contributed by atoms with Crippen molar-refractivity contribution in [2.75, 3.05) is 23.8 Å². The van der Waals surface area contributed by atoms with Crippen LogP contribution in [0.15, 0.2) is 59.7 Å². The fraction of sp³-hybridized carbons (Fsp3) is 0.269. The summed E-state index contributed by atoms with van der Waals surface area (Å²) in [5.74, 6) is 0.0166. The van der Waals surface area contributed by atoms with Gasteiger partial charge in [0.05, 0.1) is 12.7 Å². The molecule has 4 aromatic rings. The SMILES string of the molecule is Cc1c[nH]c2ccc(Nc3ncc(NC(=O)C4CCOCC4)c(=O)n3Cc3ccc(Cl)cc3)cc12. The maximum atomic E-state index is 13.5. The average molecular weight is 492 g/mol. The predicted molar refractivity (Wildman–Crippen MR) is 138 cm³/mol. The first-order valence-electron chi connectivity index (χ1n) is 11.6. The molecule has 0 bridgehead atoms. The van der Waals surface area contributed by atoms with Crippen molar-refractivity contribution in [1.29, 1.82) is 0 Å².